The molecular weight excluding hydrogens is 162 g/mol. The van der Waals surface area contributed by atoms with E-state index in [-0.39, 0.29) is 11.7 Å². The van der Waals surface area contributed by atoms with Crippen molar-refractivity contribution in [2.24, 2.45) is 0 Å². The second kappa shape index (κ2) is 3.77. The fraction of sp³-hybridized carbons (Fsp3) is 0.182. The smallest absolute Gasteiger partial charge is 0.212 e. The van der Waals surface area contributed by atoms with Gasteiger partial charge in [-0.1, -0.05) is 19.1 Å². The van der Waals surface area contributed by atoms with Crippen molar-refractivity contribution in [1.82, 2.24) is 0 Å². The van der Waals surface area contributed by atoms with Gasteiger partial charge in [0.25, 0.3) is 0 Å². The van der Waals surface area contributed by atoms with E-state index in [4.69, 9.17) is 12.2 Å². The van der Waals surface area contributed by atoms with E-state index in [1.54, 1.807) is 19.1 Å². The molecule has 13 heavy (non-hydrogen) atoms. The van der Waals surface area contributed by atoms with Crippen molar-refractivity contribution >= 4 is 11.5 Å². The van der Waals surface area contributed by atoms with E-state index in [1.807, 2.05) is 12.1 Å². The number of benzene rings is 1. The van der Waals surface area contributed by atoms with Crippen molar-refractivity contribution in [2.75, 3.05) is 5.73 Å². The van der Waals surface area contributed by atoms with Gasteiger partial charge in [-0.25, -0.2) is 0 Å². The zero-order valence-corrected chi connectivity index (χ0v) is 7.45. The van der Waals surface area contributed by atoms with Crippen LogP contribution in [-0.4, -0.2) is 5.78 Å². The Labute approximate surface area is 77.8 Å². The van der Waals surface area contributed by atoms with Gasteiger partial charge >= 0.3 is 0 Å². The molecule has 0 saturated heterocycles. The summed E-state index contributed by atoms with van der Waals surface area (Å²) in [5.41, 5.74) is 7.09. The molecule has 0 aromatic heterocycles. The van der Waals surface area contributed by atoms with Crippen LogP contribution in [0.15, 0.2) is 24.3 Å². The summed E-state index contributed by atoms with van der Waals surface area (Å²) in [7, 11) is 0. The van der Waals surface area contributed by atoms with Crippen LogP contribution in [0.4, 0.5) is 5.69 Å². The highest BCUT2D eigenvalue weighted by Gasteiger charge is 2.11. The standard InChI is InChI=1S/C11H11NO/c1-3-11(13)8(2)9-4-6-10(12)7-5-9/h1,4-8H,12H2,2H3. The van der Waals surface area contributed by atoms with E-state index < -0.39 is 0 Å². The summed E-state index contributed by atoms with van der Waals surface area (Å²) in [5, 5.41) is 0. The first-order valence-electron chi connectivity index (χ1n) is 4.01. The van der Waals surface area contributed by atoms with Crippen LogP contribution < -0.4 is 5.73 Å². The third kappa shape index (κ3) is 2.09. The minimum absolute atomic E-state index is 0.204. The molecule has 2 N–H and O–H groups in total. The van der Waals surface area contributed by atoms with Gasteiger partial charge in [0.05, 0.1) is 5.92 Å². The van der Waals surface area contributed by atoms with E-state index in [2.05, 4.69) is 5.92 Å². The van der Waals surface area contributed by atoms with Crippen molar-refractivity contribution in [3.63, 3.8) is 0 Å². The molecule has 0 fully saturated rings. The lowest BCUT2D eigenvalue weighted by Crippen LogP contribution is -2.05. The van der Waals surface area contributed by atoms with Crippen LogP contribution in [0.5, 0.6) is 0 Å². The van der Waals surface area contributed by atoms with E-state index in [0.717, 1.165) is 5.56 Å². The maximum Gasteiger partial charge on any atom is 0.212 e. The highest BCUT2D eigenvalue weighted by Crippen LogP contribution is 2.17. The molecule has 2 heteroatoms. The fourth-order valence-electron chi connectivity index (χ4n) is 1.06. The summed E-state index contributed by atoms with van der Waals surface area (Å²) < 4.78 is 0. The van der Waals surface area contributed by atoms with Gasteiger partial charge in [0.15, 0.2) is 0 Å². The Bertz CT molecular complexity index is 345. The first-order valence-corrected chi connectivity index (χ1v) is 4.01. The minimum atomic E-state index is -0.245. The molecule has 1 aromatic rings. The van der Waals surface area contributed by atoms with E-state index in [9.17, 15) is 4.79 Å². The Kier molecular flexibility index (Phi) is 2.71. The summed E-state index contributed by atoms with van der Waals surface area (Å²) in [4.78, 5) is 11.1. The number of hydrogen-bond donors (Lipinski definition) is 1. The molecule has 66 valence electrons. The second-order valence-electron chi connectivity index (χ2n) is 2.90. The van der Waals surface area contributed by atoms with Crippen molar-refractivity contribution in [3.8, 4) is 12.3 Å². The average Bonchev–Trinajstić information content (AvgIpc) is 2.17. The molecule has 0 heterocycles. The van der Waals surface area contributed by atoms with Crippen LogP contribution in [0.1, 0.15) is 18.4 Å². The molecular formula is C11H11NO. The Balaban J connectivity index is 2.91. The van der Waals surface area contributed by atoms with Crippen molar-refractivity contribution < 1.29 is 4.79 Å². The molecule has 0 aliphatic carbocycles. The van der Waals surface area contributed by atoms with Gasteiger partial charge in [0.2, 0.25) is 5.78 Å². The van der Waals surface area contributed by atoms with Crippen LogP contribution >= 0.6 is 0 Å². The lowest BCUT2D eigenvalue weighted by Gasteiger charge is -2.06. The first kappa shape index (κ1) is 9.34. The number of carbonyl (C=O) groups is 1. The molecule has 0 radical (unpaired) electrons. The monoisotopic (exact) mass is 173 g/mol. The number of nitrogens with two attached hydrogens (primary N) is 1. The first-order chi connectivity index (χ1) is 6.15. The maximum atomic E-state index is 11.1. The predicted octanol–water partition coefficient (Wildman–Crippen LogP) is 1.57. The lowest BCUT2D eigenvalue weighted by atomic mass is 9.97. The third-order valence-electron chi connectivity index (χ3n) is 1.97. The Morgan fingerprint density at radius 1 is 1.46 bits per heavy atom. The summed E-state index contributed by atoms with van der Waals surface area (Å²) in [5.74, 6) is 1.66. The van der Waals surface area contributed by atoms with Gasteiger partial charge in [0.1, 0.15) is 0 Å². The van der Waals surface area contributed by atoms with Gasteiger partial charge in [-0.3, -0.25) is 4.79 Å². The number of nitrogen functional groups attached to an aromatic ring is 1. The Hall–Kier alpha value is -1.75. The fourth-order valence-corrected chi connectivity index (χ4v) is 1.06. The lowest BCUT2D eigenvalue weighted by molar-refractivity contribution is -0.114. The van der Waals surface area contributed by atoms with E-state index in [0.29, 0.717) is 5.69 Å². The van der Waals surface area contributed by atoms with Crippen molar-refractivity contribution in [2.45, 2.75) is 12.8 Å². The molecule has 1 atom stereocenters. The Morgan fingerprint density at radius 2 is 2.00 bits per heavy atom. The number of rotatable bonds is 2. The van der Waals surface area contributed by atoms with Crippen LogP contribution in [0.2, 0.25) is 0 Å². The number of carbonyl (C=O) groups excluding carboxylic acids is 1. The third-order valence-corrected chi connectivity index (χ3v) is 1.97. The summed E-state index contributed by atoms with van der Waals surface area (Å²) in [6.45, 7) is 1.79. The normalized spacial score (nSPS) is 11.7. The SMILES string of the molecule is C#CC(=O)C(C)c1ccc(N)cc1. The molecule has 0 amide bonds. The molecule has 1 rings (SSSR count). The number of anilines is 1. The number of ketones is 1. The number of terminal acetylenes is 1. The van der Waals surface area contributed by atoms with E-state index in [1.165, 1.54) is 0 Å². The summed E-state index contributed by atoms with van der Waals surface area (Å²) in [6.07, 6.45) is 5.02. The number of hydrogen-bond acceptors (Lipinski definition) is 2. The molecule has 0 saturated carbocycles. The van der Waals surface area contributed by atoms with Crippen LogP contribution in [0, 0.1) is 12.3 Å². The summed E-state index contributed by atoms with van der Waals surface area (Å²) in [6, 6.07) is 7.15. The second-order valence-corrected chi connectivity index (χ2v) is 2.90. The molecule has 0 aliphatic heterocycles. The maximum absolute atomic E-state index is 11.1. The minimum Gasteiger partial charge on any atom is -0.399 e. The van der Waals surface area contributed by atoms with E-state index >= 15 is 0 Å². The topological polar surface area (TPSA) is 43.1 Å². The van der Waals surface area contributed by atoms with Gasteiger partial charge < -0.3 is 5.73 Å². The zero-order valence-electron chi connectivity index (χ0n) is 7.45. The average molecular weight is 173 g/mol. The van der Waals surface area contributed by atoms with Gasteiger partial charge in [-0.15, -0.1) is 6.42 Å². The molecule has 2 nitrogen and oxygen atoms in total. The zero-order chi connectivity index (χ0) is 9.84. The summed E-state index contributed by atoms with van der Waals surface area (Å²) >= 11 is 0. The van der Waals surface area contributed by atoms with Gasteiger partial charge in [-0.2, -0.15) is 0 Å². The van der Waals surface area contributed by atoms with Crippen molar-refractivity contribution in [3.05, 3.63) is 29.8 Å². The van der Waals surface area contributed by atoms with Crippen molar-refractivity contribution in [1.29, 1.82) is 0 Å². The molecule has 0 aliphatic rings. The van der Waals surface area contributed by atoms with Gasteiger partial charge in [-0.05, 0) is 23.6 Å². The molecule has 1 aromatic carbocycles. The van der Waals surface area contributed by atoms with Crippen LogP contribution in [0.25, 0.3) is 0 Å². The van der Waals surface area contributed by atoms with Crippen LogP contribution in [-0.2, 0) is 4.79 Å². The largest absolute Gasteiger partial charge is 0.399 e. The van der Waals surface area contributed by atoms with Gasteiger partial charge in [0, 0.05) is 5.69 Å². The van der Waals surface area contributed by atoms with Crippen LogP contribution in [0.3, 0.4) is 0 Å². The quantitative estimate of drug-likeness (QED) is 0.419. The molecule has 0 bridgehead atoms. The number of Topliss-reactive ketones (excluding diaryl/α,β-unsaturated/α-hetero) is 1. The predicted molar refractivity (Wildman–Crippen MR) is 53.1 cm³/mol. The highest BCUT2D eigenvalue weighted by atomic mass is 16.1. The highest BCUT2D eigenvalue weighted by molar-refractivity contribution is 5.99. The Morgan fingerprint density at radius 3 is 2.46 bits per heavy atom. The molecule has 1 unspecified atom stereocenters. The molecule has 0 spiro atoms.